The normalized spacial score (nSPS) is 20.1. The number of carbonyl (C=O) groups excluding carboxylic acids is 1. The zero-order valence-corrected chi connectivity index (χ0v) is 10.2. The Morgan fingerprint density at radius 2 is 2.17 bits per heavy atom. The van der Waals surface area contributed by atoms with Crippen molar-refractivity contribution < 1.29 is 4.79 Å². The molecule has 1 aromatic carbocycles. The molecule has 3 nitrogen and oxygen atoms in total. The second-order valence-electron chi connectivity index (χ2n) is 5.25. The van der Waals surface area contributed by atoms with Gasteiger partial charge in [0.2, 0.25) is 5.91 Å². The van der Waals surface area contributed by atoms with Gasteiger partial charge in [0.25, 0.3) is 0 Å². The Balaban J connectivity index is 2.00. The second-order valence-corrected chi connectivity index (χ2v) is 5.25. The highest BCUT2D eigenvalue weighted by Gasteiger charge is 2.30. The van der Waals surface area contributed by atoms with Gasteiger partial charge in [0.1, 0.15) is 0 Å². The molecule has 0 bridgehead atoms. The largest absolute Gasteiger partial charge is 0.273 e. The number of aromatic nitrogens is 1. The molecule has 1 N–H and O–H groups in total. The summed E-state index contributed by atoms with van der Waals surface area (Å²) in [6.45, 7) is 2.27. The summed E-state index contributed by atoms with van der Waals surface area (Å²) in [5.74, 6) is 0.636. The van der Waals surface area contributed by atoms with Crippen molar-refractivity contribution in [1.29, 1.82) is 0 Å². The van der Waals surface area contributed by atoms with Gasteiger partial charge in [0, 0.05) is 11.8 Å². The minimum absolute atomic E-state index is 0.0869. The minimum atomic E-state index is 0.0869. The molecule has 0 saturated heterocycles. The third-order valence-corrected chi connectivity index (χ3v) is 4.05. The first-order valence-corrected chi connectivity index (χ1v) is 6.36. The van der Waals surface area contributed by atoms with Crippen LogP contribution >= 0.6 is 0 Å². The number of nitrogens with zero attached hydrogens (tertiary/aromatic N) is 1. The number of hydrogen-bond acceptors (Lipinski definition) is 1. The Hall–Kier alpha value is -2.03. The third-order valence-electron chi connectivity index (χ3n) is 4.05. The SMILES string of the molecule is CC1Cc2cn3c(c2-c2ccccc21)CC(=O)N3. The van der Waals surface area contributed by atoms with Gasteiger partial charge in [-0.1, -0.05) is 31.2 Å². The van der Waals surface area contributed by atoms with Crippen LogP contribution in [0.5, 0.6) is 0 Å². The predicted molar refractivity (Wildman–Crippen MR) is 70.1 cm³/mol. The number of hydrogen-bond donors (Lipinski definition) is 1. The van der Waals surface area contributed by atoms with Gasteiger partial charge in [-0.3, -0.25) is 14.9 Å². The molecule has 3 heteroatoms. The summed E-state index contributed by atoms with van der Waals surface area (Å²) in [4.78, 5) is 11.5. The Kier molecular flexibility index (Phi) is 1.80. The zero-order valence-electron chi connectivity index (χ0n) is 10.2. The summed E-state index contributed by atoms with van der Waals surface area (Å²) >= 11 is 0. The van der Waals surface area contributed by atoms with Crippen LogP contribution in [0, 0.1) is 0 Å². The Morgan fingerprint density at radius 1 is 1.33 bits per heavy atom. The quantitative estimate of drug-likeness (QED) is 0.751. The molecule has 18 heavy (non-hydrogen) atoms. The van der Waals surface area contributed by atoms with E-state index < -0.39 is 0 Å². The summed E-state index contributed by atoms with van der Waals surface area (Å²) in [5.41, 5.74) is 9.34. The molecule has 1 amide bonds. The van der Waals surface area contributed by atoms with Crippen molar-refractivity contribution in [3.05, 3.63) is 47.3 Å². The number of fused-ring (bicyclic) bond motifs is 5. The van der Waals surface area contributed by atoms with Gasteiger partial charge in [-0.05, 0) is 29.0 Å². The molecule has 1 atom stereocenters. The van der Waals surface area contributed by atoms with Gasteiger partial charge in [0.05, 0.1) is 12.1 Å². The van der Waals surface area contributed by atoms with Crippen LogP contribution in [-0.4, -0.2) is 10.6 Å². The third kappa shape index (κ3) is 1.16. The smallest absolute Gasteiger partial charge is 0.244 e. The number of nitrogens with one attached hydrogen (secondary N) is 1. The highest BCUT2D eigenvalue weighted by molar-refractivity contribution is 5.92. The van der Waals surface area contributed by atoms with E-state index in [1.54, 1.807) is 0 Å². The molecule has 4 rings (SSSR count). The summed E-state index contributed by atoms with van der Waals surface area (Å²) in [5, 5.41) is 0. The number of rotatable bonds is 0. The maximum absolute atomic E-state index is 11.5. The molecule has 0 fully saturated rings. The molecule has 1 aromatic heterocycles. The summed E-state index contributed by atoms with van der Waals surface area (Å²) in [6.07, 6.45) is 3.64. The lowest BCUT2D eigenvalue weighted by Crippen LogP contribution is -2.13. The first-order valence-electron chi connectivity index (χ1n) is 6.36. The van der Waals surface area contributed by atoms with E-state index in [9.17, 15) is 4.79 Å². The first-order chi connectivity index (χ1) is 8.74. The summed E-state index contributed by atoms with van der Waals surface area (Å²) in [7, 11) is 0. The predicted octanol–water partition coefficient (Wildman–Crippen LogP) is 2.44. The van der Waals surface area contributed by atoms with E-state index in [0.717, 1.165) is 12.1 Å². The van der Waals surface area contributed by atoms with Crippen LogP contribution in [0.4, 0.5) is 0 Å². The molecule has 0 radical (unpaired) electrons. The van der Waals surface area contributed by atoms with Crippen molar-refractivity contribution in [2.24, 2.45) is 0 Å². The van der Waals surface area contributed by atoms with Crippen molar-refractivity contribution in [2.45, 2.75) is 25.7 Å². The van der Waals surface area contributed by atoms with E-state index in [-0.39, 0.29) is 5.91 Å². The zero-order chi connectivity index (χ0) is 12.3. The van der Waals surface area contributed by atoms with Crippen molar-refractivity contribution in [2.75, 3.05) is 5.43 Å². The average molecular weight is 238 g/mol. The van der Waals surface area contributed by atoms with Crippen LogP contribution in [0.2, 0.25) is 0 Å². The van der Waals surface area contributed by atoms with Crippen molar-refractivity contribution in [3.8, 4) is 11.1 Å². The average Bonchev–Trinajstić information content (AvgIpc) is 2.84. The lowest BCUT2D eigenvalue weighted by Gasteiger charge is -2.23. The highest BCUT2D eigenvalue weighted by Crippen LogP contribution is 2.42. The van der Waals surface area contributed by atoms with Crippen molar-refractivity contribution in [3.63, 3.8) is 0 Å². The molecular weight excluding hydrogens is 224 g/mol. The molecule has 0 saturated carbocycles. The van der Waals surface area contributed by atoms with Crippen LogP contribution in [-0.2, 0) is 17.6 Å². The fourth-order valence-corrected chi connectivity index (χ4v) is 3.28. The highest BCUT2D eigenvalue weighted by atomic mass is 16.2. The number of carbonyl (C=O) groups is 1. The summed E-state index contributed by atoms with van der Waals surface area (Å²) in [6, 6.07) is 8.56. The lowest BCUT2D eigenvalue weighted by atomic mass is 9.80. The summed E-state index contributed by atoms with van der Waals surface area (Å²) < 4.78 is 1.90. The molecule has 1 unspecified atom stereocenters. The molecule has 2 heterocycles. The Labute approximate surface area is 105 Å². The molecule has 1 aliphatic carbocycles. The fraction of sp³-hybridized carbons (Fsp3) is 0.267. The van der Waals surface area contributed by atoms with Gasteiger partial charge in [-0.2, -0.15) is 0 Å². The van der Waals surface area contributed by atoms with Crippen LogP contribution in [0.15, 0.2) is 30.5 Å². The van der Waals surface area contributed by atoms with Gasteiger partial charge < -0.3 is 0 Å². The molecule has 90 valence electrons. The van der Waals surface area contributed by atoms with Crippen LogP contribution in [0.25, 0.3) is 11.1 Å². The van der Waals surface area contributed by atoms with Crippen molar-refractivity contribution in [1.82, 2.24) is 4.68 Å². The molecular formula is C15H14N2O. The maximum Gasteiger partial charge on any atom is 0.244 e. The van der Waals surface area contributed by atoms with E-state index in [1.165, 1.54) is 22.3 Å². The van der Waals surface area contributed by atoms with Crippen LogP contribution < -0.4 is 5.43 Å². The first kappa shape index (κ1) is 9.95. The van der Waals surface area contributed by atoms with E-state index >= 15 is 0 Å². The van der Waals surface area contributed by atoms with E-state index in [2.05, 4.69) is 42.8 Å². The second kappa shape index (κ2) is 3.25. The number of benzene rings is 1. The van der Waals surface area contributed by atoms with E-state index in [1.807, 2.05) is 4.68 Å². The van der Waals surface area contributed by atoms with Gasteiger partial charge in [-0.25, -0.2) is 0 Å². The Morgan fingerprint density at radius 3 is 3.06 bits per heavy atom. The topological polar surface area (TPSA) is 34.0 Å². The van der Waals surface area contributed by atoms with Gasteiger partial charge in [-0.15, -0.1) is 0 Å². The molecule has 1 aliphatic heterocycles. The van der Waals surface area contributed by atoms with Crippen LogP contribution in [0.3, 0.4) is 0 Å². The molecule has 2 aliphatic rings. The Bertz CT molecular complexity index is 669. The van der Waals surface area contributed by atoms with Crippen molar-refractivity contribution >= 4 is 5.91 Å². The minimum Gasteiger partial charge on any atom is -0.273 e. The van der Waals surface area contributed by atoms with Gasteiger partial charge >= 0.3 is 0 Å². The molecule has 2 aromatic rings. The standard InChI is InChI=1S/C15H14N2O/c1-9-6-10-8-17-13(7-14(18)16-17)15(10)12-5-3-2-4-11(9)12/h2-5,8-9H,6-7H2,1H3,(H,16,18). The lowest BCUT2D eigenvalue weighted by molar-refractivity contribution is -0.115. The monoisotopic (exact) mass is 238 g/mol. The molecule has 0 spiro atoms. The fourth-order valence-electron chi connectivity index (χ4n) is 3.28. The number of amides is 1. The van der Waals surface area contributed by atoms with E-state index in [4.69, 9.17) is 0 Å². The maximum atomic E-state index is 11.5. The van der Waals surface area contributed by atoms with Gasteiger partial charge in [0.15, 0.2) is 0 Å². The van der Waals surface area contributed by atoms with E-state index in [0.29, 0.717) is 12.3 Å². The van der Waals surface area contributed by atoms with Crippen LogP contribution in [0.1, 0.15) is 29.7 Å².